The molecule has 1 atom stereocenters. The van der Waals surface area contributed by atoms with Crippen LogP contribution < -0.4 is 10.1 Å². The molecular weight excluding hydrogens is 410 g/mol. The van der Waals surface area contributed by atoms with Crippen LogP contribution >= 0.6 is 0 Å². The summed E-state index contributed by atoms with van der Waals surface area (Å²) in [7, 11) is 1.61. The Labute approximate surface area is 195 Å². The molecule has 4 aromatic rings. The molecule has 0 radical (unpaired) electrons. The first-order valence-corrected chi connectivity index (χ1v) is 11.3. The van der Waals surface area contributed by atoms with E-state index in [1.165, 1.54) is 27.8 Å². The van der Waals surface area contributed by atoms with Crippen molar-refractivity contribution in [1.82, 2.24) is 14.9 Å². The van der Waals surface area contributed by atoms with Gasteiger partial charge in [-0.1, -0.05) is 18.2 Å². The third-order valence-electron chi connectivity index (χ3n) is 6.61. The largest absolute Gasteiger partial charge is 0.497 e. The molecule has 1 amide bonds. The van der Waals surface area contributed by atoms with E-state index in [9.17, 15) is 4.79 Å². The molecular formula is C28H31N3O2. The lowest BCUT2D eigenvalue weighted by Crippen LogP contribution is -2.29. The van der Waals surface area contributed by atoms with Crippen molar-refractivity contribution in [3.8, 4) is 5.75 Å². The Balaban J connectivity index is 1.71. The van der Waals surface area contributed by atoms with Crippen LogP contribution in [0.25, 0.3) is 11.0 Å². The second-order valence-corrected chi connectivity index (χ2v) is 8.71. The molecule has 0 aliphatic carbocycles. The maximum atomic E-state index is 12.9. The number of imidazole rings is 1. The fourth-order valence-corrected chi connectivity index (χ4v) is 4.37. The molecule has 5 nitrogen and oxygen atoms in total. The van der Waals surface area contributed by atoms with Crippen molar-refractivity contribution in [2.45, 2.75) is 47.2 Å². The summed E-state index contributed by atoms with van der Waals surface area (Å²) < 4.78 is 7.43. The van der Waals surface area contributed by atoms with Crippen LogP contribution in [0, 0.1) is 27.7 Å². The first kappa shape index (κ1) is 22.6. The van der Waals surface area contributed by atoms with Crippen LogP contribution in [-0.2, 0) is 6.54 Å². The van der Waals surface area contributed by atoms with Crippen molar-refractivity contribution in [3.05, 3.63) is 93.8 Å². The number of hydrogen-bond donors (Lipinski definition) is 1. The minimum absolute atomic E-state index is 0.137. The number of benzene rings is 3. The number of aromatic nitrogens is 2. The predicted octanol–water partition coefficient (Wildman–Crippen LogP) is 5.82. The Morgan fingerprint density at radius 1 is 1.00 bits per heavy atom. The van der Waals surface area contributed by atoms with E-state index in [0.717, 1.165) is 22.6 Å². The number of aryl methyl sites for hydroxylation is 2. The number of carbonyl (C=O) groups is 1. The van der Waals surface area contributed by atoms with Gasteiger partial charge in [0.1, 0.15) is 11.6 Å². The third kappa shape index (κ3) is 4.36. The topological polar surface area (TPSA) is 56.1 Å². The summed E-state index contributed by atoms with van der Waals surface area (Å²) >= 11 is 0. The third-order valence-corrected chi connectivity index (χ3v) is 6.61. The molecule has 0 saturated heterocycles. The molecule has 1 aromatic heterocycles. The zero-order valence-corrected chi connectivity index (χ0v) is 20.2. The van der Waals surface area contributed by atoms with Crippen molar-refractivity contribution in [3.63, 3.8) is 0 Å². The van der Waals surface area contributed by atoms with E-state index < -0.39 is 0 Å². The molecule has 0 spiro atoms. The van der Waals surface area contributed by atoms with E-state index in [2.05, 4.69) is 49.7 Å². The first-order valence-electron chi connectivity index (χ1n) is 11.3. The van der Waals surface area contributed by atoms with Crippen molar-refractivity contribution in [2.75, 3.05) is 7.11 Å². The van der Waals surface area contributed by atoms with E-state index in [-0.39, 0.29) is 11.9 Å². The number of rotatable bonds is 6. The highest BCUT2D eigenvalue weighted by atomic mass is 16.5. The average molecular weight is 442 g/mol. The van der Waals surface area contributed by atoms with Gasteiger partial charge in [0.2, 0.25) is 0 Å². The summed E-state index contributed by atoms with van der Waals surface area (Å²) in [5.41, 5.74) is 9.08. The molecule has 0 saturated carbocycles. The van der Waals surface area contributed by atoms with E-state index in [1.54, 1.807) is 31.4 Å². The molecule has 0 aliphatic rings. The van der Waals surface area contributed by atoms with Crippen LogP contribution in [0.4, 0.5) is 0 Å². The second kappa shape index (κ2) is 9.10. The number of amides is 1. The SMILES string of the molecule is COc1ccc(C(=O)NC(C)c2nc3ccccc3n2Cc2c(C)c(C)cc(C)c2C)cc1. The van der Waals surface area contributed by atoms with Gasteiger partial charge >= 0.3 is 0 Å². The van der Waals surface area contributed by atoms with Crippen LogP contribution in [0.1, 0.15) is 57.0 Å². The zero-order chi connectivity index (χ0) is 23.7. The highest BCUT2D eigenvalue weighted by Gasteiger charge is 2.21. The number of carbonyl (C=O) groups excluding carboxylic acids is 1. The molecule has 33 heavy (non-hydrogen) atoms. The molecule has 1 unspecified atom stereocenters. The van der Waals surface area contributed by atoms with Crippen molar-refractivity contribution >= 4 is 16.9 Å². The minimum Gasteiger partial charge on any atom is -0.497 e. The lowest BCUT2D eigenvalue weighted by molar-refractivity contribution is 0.0937. The van der Waals surface area contributed by atoms with Gasteiger partial charge in [-0.05, 0) is 98.8 Å². The monoisotopic (exact) mass is 441 g/mol. The van der Waals surface area contributed by atoms with Gasteiger partial charge < -0.3 is 14.6 Å². The number of nitrogens with one attached hydrogen (secondary N) is 1. The summed E-state index contributed by atoms with van der Waals surface area (Å²) in [6.07, 6.45) is 0. The summed E-state index contributed by atoms with van der Waals surface area (Å²) in [6.45, 7) is 11.4. The summed E-state index contributed by atoms with van der Waals surface area (Å²) in [5, 5.41) is 3.13. The van der Waals surface area contributed by atoms with Gasteiger partial charge in [-0.2, -0.15) is 0 Å². The highest BCUT2D eigenvalue weighted by molar-refractivity contribution is 5.94. The second-order valence-electron chi connectivity index (χ2n) is 8.71. The molecule has 1 heterocycles. The summed E-state index contributed by atoms with van der Waals surface area (Å²) in [4.78, 5) is 17.8. The van der Waals surface area contributed by atoms with Gasteiger partial charge in [0, 0.05) is 12.1 Å². The van der Waals surface area contributed by atoms with Gasteiger partial charge in [-0.25, -0.2) is 4.98 Å². The Bertz CT molecular complexity index is 1290. The smallest absolute Gasteiger partial charge is 0.251 e. The van der Waals surface area contributed by atoms with Crippen LogP contribution in [0.3, 0.4) is 0 Å². The number of methoxy groups -OCH3 is 1. The van der Waals surface area contributed by atoms with Gasteiger partial charge in [-0.3, -0.25) is 4.79 Å². The number of nitrogens with zero attached hydrogens (tertiary/aromatic N) is 2. The number of ether oxygens (including phenoxy) is 1. The van der Waals surface area contributed by atoms with Crippen LogP contribution in [0.5, 0.6) is 5.75 Å². The van der Waals surface area contributed by atoms with Crippen molar-refractivity contribution in [1.29, 1.82) is 0 Å². The zero-order valence-electron chi connectivity index (χ0n) is 20.2. The number of hydrogen-bond acceptors (Lipinski definition) is 3. The van der Waals surface area contributed by atoms with Crippen LogP contribution in [0.2, 0.25) is 0 Å². The van der Waals surface area contributed by atoms with E-state index in [4.69, 9.17) is 9.72 Å². The maximum Gasteiger partial charge on any atom is 0.251 e. The Morgan fingerprint density at radius 3 is 2.27 bits per heavy atom. The standard InChI is InChI=1S/C28H31N3O2/c1-17-15-18(2)20(4)24(19(17)3)16-31-26-10-8-7-9-25(26)30-27(31)21(5)29-28(32)22-11-13-23(33-6)14-12-22/h7-15,21H,16H2,1-6H3,(H,29,32). The quantitative estimate of drug-likeness (QED) is 0.410. The molecule has 0 fully saturated rings. The molecule has 3 aromatic carbocycles. The van der Waals surface area contributed by atoms with E-state index >= 15 is 0 Å². The molecule has 170 valence electrons. The lowest BCUT2D eigenvalue weighted by atomic mass is 9.94. The highest BCUT2D eigenvalue weighted by Crippen LogP contribution is 2.27. The fraction of sp³-hybridized carbons (Fsp3) is 0.286. The minimum atomic E-state index is -0.265. The molecule has 1 N–H and O–H groups in total. The molecule has 5 heteroatoms. The Kier molecular flexibility index (Phi) is 6.23. The summed E-state index contributed by atoms with van der Waals surface area (Å²) in [5.74, 6) is 1.43. The lowest BCUT2D eigenvalue weighted by Gasteiger charge is -2.20. The van der Waals surface area contributed by atoms with Crippen molar-refractivity contribution < 1.29 is 9.53 Å². The summed E-state index contributed by atoms with van der Waals surface area (Å²) in [6, 6.07) is 17.3. The van der Waals surface area contributed by atoms with Crippen LogP contribution in [-0.4, -0.2) is 22.6 Å². The van der Waals surface area contributed by atoms with Gasteiger partial charge in [0.25, 0.3) is 5.91 Å². The number of fused-ring (bicyclic) bond motifs is 1. The molecule has 0 bridgehead atoms. The van der Waals surface area contributed by atoms with Crippen molar-refractivity contribution in [2.24, 2.45) is 0 Å². The van der Waals surface area contributed by atoms with E-state index in [1.807, 2.05) is 25.1 Å². The van der Waals surface area contributed by atoms with Crippen LogP contribution in [0.15, 0.2) is 54.6 Å². The number of para-hydroxylation sites is 2. The Morgan fingerprint density at radius 2 is 1.64 bits per heavy atom. The first-order chi connectivity index (χ1) is 15.8. The average Bonchev–Trinajstić information content (AvgIpc) is 3.19. The normalized spacial score (nSPS) is 12.1. The van der Waals surface area contributed by atoms with Gasteiger partial charge in [0.05, 0.1) is 24.2 Å². The fourth-order valence-electron chi connectivity index (χ4n) is 4.37. The van der Waals surface area contributed by atoms with Gasteiger partial charge in [-0.15, -0.1) is 0 Å². The van der Waals surface area contributed by atoms with E-state index in [0.29, 0.717) is 12.1 Å². The predicted molar refractivity (Wildman–Crippen MR) is 133 cm³/mol. The van der Waals surface area contributed by atoms with Gasteiger partial charge in [0.15, 0.2) is 0 Å². The maximum absolute atomic E-state index is 12.9. The molecule has 0 aliphatic heterocycles. The Hall–Kier alpha value is -3.60. The molecule has 4 rings (SSSR count).